The molecule has 1 atom stereocenters. The zero-order chi connectivity index (χ0) is 24.1. The molecule has 32 heavy (non-hydrogen) atoms. The zero-order valence-corrected chi connectivity index (χ0v) is 20.2. The van der Waals surface area contributed by atoms with Gasteiger partial charge in [-0.15, -0.1) is 0 Å². The average Bonchev–Trinajstić information content (AvgIpc) is 2.72. The van der Waals surface area contributed by atoms with Crippen LogP contribution in [0, 0.1) is 29.0 Å². The summed E-state index contributed by atoms with van der Waals surface area (Å²) >= 11 is 1.46. The number of rotatable bonds is 6. The maximum absolute atomic E-state index is 14.7. The van der Waals surface area contributed by atoms with Gasteiger partial charge in [0.2, 0.25) is 5.91 Å². The van der Waals surface area contributed by atoms with Gasteiger partial charge in [-0.3, -0.25) is 14.6 Å². The molecule has 1 amide bonds. The highest BCUT2D eigenvalue weighted by molar-refractivity contribution is 8.13. The molecule has 0 aromatic carbocycles. The minimum atomic E-state index is -0.513. The number of nitrogens with one attached hydrogen (secondary N) is 1. The van der Waals surface area contributed by atoms with Crippen LogP contribution >= 0.6 is 11.8 Å². The van der Waals surface area contributed by atoms with Gasteiger partial charge < -0.3 is 10.2 Å². The van der Waals surface area contributed by atoms with Gasteiger partial charge in [0.1, 0.15) is 17.5 Å². The number of carbonyl (C=O) groups is 2. The summed E-state index contributed by atoms with van der Waals surface area (Å²) in [6.07, 6.45) is 1.87. The number of halogens is 1. The highest BCUT2D eigenvalue weighted by Gasteiger charge is 2.25. The Bertz CT molecular complexity index is 976. The van der Waals surface area contributed by atoms with E-state index in [1.807, 2.05) is 52.6 Å². The third-order valence-electron chi connectivity index (χ3n) is 4.92. The summed E-state index contributed by atoms with van der Waals surface area (Å²) in [6.45, 7) is 10.5. The lowest BCUT2D eigenvalue weighted by atomic mass is 9.91. The van der Waals surface area contributed by atoms with Crippen molar-refractivity contribution >= 4 is 34.8 Å². The molecule has 1 N–H and O–H groups in total. The first-order valence-electron chi connectivity index (χ1n) is 10.4. The van der Waals surface area contributed by atoms with Crippen LogP contribution in [0.15, 0.2) is 22.8 Å². The Labute approximate surface area is 193 Å². The van der Waals surface area contributed by atoms with E-state index in [9.17, 15) is 19.2 Å². The van der Waals surface area contributed by atoms with Crippen LogP contribution in [0.1, 0.15) is 45.9 Å². The summed E-state index contributed by atoms with van der Waals surface area (Å²) in [7, 11) is 1.86. The van der Waals surface area contributed by atoms with Crippen molar-refractivity contribution in [1.82, 2.24) is 15.2 Å². The minimum absolute atomic E-state index is 0.0141. The van der Waals surface area contributed by atoms with E-state index in [1.165, 1.54) is 24.0 Å². The summed E-state index contributed by atoms with van der Waals surface area (Å²) in [5.74, 6) is 0.376. The average molecular weight is 460 g/mol. The molecule has 1 fully saturated rings. The molecule has 0 bridgehead atoms. The topological polar surface area (TPSA) is 98.4 Å². The van der Waals surface area contributed by atoms with Gasteiger partial charge in [0.25, 0.3) is 0 Å². The fourth-order valence-electron chi connectivity index (χ4n) is 3.14. The van der Waals surface area contributed by atoms with E-state index in [1.54, 1.807) is 0 Å². The molecule has 2 heterocycles. The molecule has 0 spiro atoms. The molecular formula is C23H30FN5O2S. The van der Waals surface area contributed by atoms with Crippen LogP contribution in [-0.4, -0.2) is 53.1 Å². The summed E-state index contributed by atoms with van der Waals surface area (Å²) in [6, 6.07) is 3.12. The summed E-state index contributed by atoms with van der Waals surface area (Å²) in [5, 5.41) is 13.0. The van der Waals surface area contributed by atoms with E-state index in [0.717, 1.165) is 0 Å². The van der Waals surface area contributed by atoms with Crippen LogP contribution in [0.4, 0.5) is 4.39 Å². The first-order valence-corrected chi connectivity index (χ1v) is 11.4. The van der Waals surface area contributed by atoms with E-state index in [-0.39, 0.29) is 34.6 Å². The van der Waals surface area contributed by atoms with Gasteiger partial charge in [-0.1, -0.05) is 46.4 Å². The maximum atomic E-state index is 14.7. The molecule has 172 valence electrons. The van der Waals surface area contributed by atoms with Crippen molar-refractivity contribution in [3.8, 4) is 6.07 Å². The Balaban J connectivity index is 2.30. The summed E-state index contributed by atoms with van der Waals surface area (Å²) in [5.41, 5.74) is -0.0151. The van der Waals surface area contributed by atoms with Crippen LogP contribution in [-0.2, 0) is 15.0 Å². The van der Waals surface area contributed by atoms with E-state index in [0.29, 0.717) is 36.0 Å². The maximum Gasteiger partial charge on any atom is 0.222 e. The number of hydrogen-bond donors (Lipinski definition) is 1. The number of hydrogen-bond acceptors (Lipinski definition) is 6. The third-order valence-corrected chi connectivity index (χ3v) is 6.22. The molecular weight excluding hydrogens is 429 g/mol. The van der Waals surface area contributed by atoms with E-state index >= 15 is 0 Å². The standard InChI is InChI=1S/C23H30FN5O2S/c1-14(2)21(31)27-9-15-11-29(6)22(32-13-15)28-19(17(8-25)12-30)16-7-18(24)20(26-10-16)23(3,4)5/h7,10,12,14-15H,9,11,13H2,1-6H3,(H,27,31)/b19-17-,28-22+. The van der Waals surface area contributed by atoms with Crippen LogP contribution in [0.25, 0.3) is 5.70 Å². The summed E-state index contributed by atoms with van der Waals surface area (Å²) < 4.78 is 14.7. The number of carbonyl (C=O) groups excluding carboxylic acids is 2. The lowest BCUT2D eigenvalue weighted by Gasteiger charge is -2.32. The molecule has 1 aliphatic heterocycles. The number of aliphatic imine (C=N–C) groups is 1. The second-order valence-electron chi connectivity index (χ2n) is 9.15. The van der Waals surface area contributed by atoms with E-state index in [4.69, 9.17) is 0 Å². The monoisotopic (exact) mass is 459 g/mol. The fraction of sp³-hybridized carbons (Fsp3) is 0.522. The predicted molar refractivity (Wildman–Crippen MR) is 125 cm³/mol. The van der Waals surface area contributed by atoms with E-state index in [2.05, 4.69) is 15.3 Å². The predicted octanol–water partition coefficient (Wildman–Crippen LogP) is 3.37. The highest BCUT2D eigenvalue weighted by atomic mass is 32.2. The van der Waals surface area contributed by atoms with Gasteiger partial charge in [-0.2, -0.15) is 5.26 Å². The van der Waals surface area contributed by atoms with Crippen LogP contribution in [0.2, 0.25) is 0 Å². The Morgan fingerprint density at radius 3 is 2.69 bits per heavy atom. The molecule has 9 heteroatoms. The van der Waals surface area contributed by atoms with Crippen molar-refractivity contribution in [3.05, 3.63) is 34.9 Å². The molecule has 1 aromatic rings. The molecule has 0 aliphatic carbocycles. The molecule has 7 nitrogen and oxygen atoms in total. The lowest BCUT2D eigenvalue weighted by molar-refractivity contribution is -0.124. The number of aldehydes is 1. The van der Waals surface area contributed by atoms with Gasteiger partial charge in [0.15, 0.2) is 11.5 Å². The number of thioether (sulfide) groups is 1. The molecule has 1 saturated heterocycles. The second-order valence-corrected chi connectivity index (χ2v) is 10.1. The van der Waals surface area contributed by atoms with Crippen molar-refractivity contribution in [2.45, 2.75) is 40.0 Å². The third kappa shape index (κ3) is 6.39. The highest BCUT2D eigenvalue weighted by Crippen LogP contribution is 2.29. The molecule has 1 unspecified atom stereocenters. The number of amides is 1. The van der Waals surface area contributed by atoms with Crippen LogP contribution in [0.3, 0.4) is 0 Å². The van der Waals surface area contributed by atoms with Crippen molar-refractivity contribution in [3.63, 3.8) is 0 Å². The van der Waals surface area contributed by atoms with Gasteiger partial charge in [-0.05, 0) is 6.07 Å². The molecule has 2 rings (SSSR count). The number of pyridine rings is 1. The summed E-state index contributed by atoms with van der Waals surface area (Å²) in [4.78, 5) is 34.0. The molecule has 0 saturated carbocycles. The largest absolute Gasteiger partial charge is 0.356 e. The smallest absolute Gasteiger partial charge is 0.222 e. The van der Waals surface area contributed by atoms with Gasteiger partial charge in [0, 0.05) is 54.9 Å². The first-order chi connectivity index (χ1) is 15.0. The van der Waals surface area contributed by atoms with E-state index < -0.39 is 11.2 Å². The zero-order valence-electron chi connectivity index (χ0n) is 19.4. The van der Waals surface area contributed by atoms with Crippen molar-refractivity contribution in [2.75, 3.05) is 25.9 Å². The van der Waals surface area contributed by atoms with Gasteiger partial charge in [-0.25, -0.2) is 9.38 Å². The van der Waals surface area contributed by atoms with Crippen molar-refractivity contribution < 1.29 is 14.0 Å². The number of allylic oxidation sites excluding steroid dienone is 1. The van der Waals surface area contributed by atoms with Crippen LogP contribution in [0.5, 0.6) is 0 Å². The molecule has 0 radical (unpaired) electrons. The SMILES string of the molecule is CC(C)C(=O)NCC1CS/C(=N/C(=C(/C#N)C=O)c2cnc(C(C)(C)C)c(F)c2)N(C)C1. The second kappa shape index (κ2) is 10.7. The Hall–Kier alpha value is -2.73. The number of amidine groups is 1. The van der Waals surface area contributed by atoms with Gasteiger partial charge >= 0.3 is 0 Å². The lowest BCUT2D eigenvalue weighted by Crippen LogP contribution is -2.42. The Morgan fingerprint density at radius 2 is 2.19 bits per heavy atom. The normalized spacial score (nSPS) is 18.9. The van der Waals surface area contributed by atoms with Crippen LogP contribution < -0.4 is 5.32 Å². The first kappa shape index (κ1) is 25.5. The van der Waals surface area contributed by atoms with Gasteiger partial charge in [0.05, 0.1) is 11.4 Å². The number of aromatic nitrogens is 1. The Kier molecular flexibility index (Phi) is 8.56. The number of nitriles is 1. The minimum Gasteiger partial charge on any atom is -0.356 e. The fourth-order valence-corrected chi connectivity index (χ4v) is 4.20. The number of nitrogens with zero attached hydrogens (tertiary/aromatic N) is 4. The molecule has 1 aliphatic rings. The van der Waals surface area contributed by atoms with Crippen molar-refractivity contribution in [2.24, 2.45) is 16.8 Å². The Morgan fingerprint density at radius 1 is 1.50 bits per heavy atom. The van der Waals surface area contributed by atoms with Crippen molar-refractivity contribution in [1.29, 1.82) is 5.26 Å². The quantitative estimate of drug-likeness (QED) is 0.398. The molecule has 1 aromatic heterocycles.